The zero-order valence-electron chi connectivity index (χ0n) is 25.0. The van der Waals surface area contributed by atoms with Gasteiger partial charge in [0.15, 0.2) is 16.8 Å². The van der Waals surface area contributed by atoms with Gasteiger partial charge in [0.2, 0.25) is 0 Å². The minimum Gasteiger partial charge on any atom is -0.507 e. The number of nitrogens with zero attached hydrogens (tertiary/aromatic N) is 3. The summed E-state index contributed by atoms with van der Waals surface area (Å²) in [5.74, 6) is 3.30. The van der Waals surface area contributed by atoms with Crippen molar-refractivity contribution in [3.05, 3.63) is 84.9 Å². The average molecular weight is 588 g/mol. The molecule has 1 N–H and O–H groups in total. The van der Waals surface area contributed by atoms with Gasteiger partial charge in [0, 0.05) is 17.4 Å². The van der Waals surface area contributed by atoms with Gasteiger partial charge in [-0.05, 0) is 69.8 Å². The average Bonchev–Trinajstić information content (AvgIpc) is 3.04. The Morgan fingerprint density at radius 1 is 0.721 bits per heavy atom. The van der Waals surface area contributed by atoms with E-state index in [2.05, 4.69) is 80.6 Å². The number of aromatic nitrogens is 3. The van der Waals surface area contributed by atoms with Crippen molar-refractivity contribution in [1.29, 1.82) is 0 Å². The summed E-state index contributed by atoms with van der Waals surface area (Å²) in [6, 6.07) is 28.9. The Balaban J connectivity index is 1.54. The zero-order chi connectivity index (χ0) is 29.8. The van der Waals surface area contributed by atoms with E-state index < -0.39 is 0 Å². The summed E-state index contributed by atoms with van der Waals surface area (Å²) in [7, 11) is 0. The molecule has 1 aromatic heterocycles. The van der Waals surface area contributed by atoms with Gasteiger partial charge in [-0.25, -0.2) is 15.0 Å². The molecule has 0 aliphatic carbocycles. The Morgan fingerprint density at radius 3 is 2.19 bits per heavy atom. The predicted molar refractivity (Wildman–Crippen MR) is 180 cm³/mol. The second-order valence-electron chi connectivity index (χ2n) is 11.0. The van der Waals surface area contributed by atoms with E-state index in [1.807, 2.05) is 19.1 Å². The number of rotatable bonds is 11. The van der Waals surface area contributed by atoms with E-state index >= 15 is 0 Å². The molecule has 1 unspecified atom stereocenters. The largest absolute Gasteiger partial charge is 0.507 e. The van der Waals surface area contributed by atoms with Crippen LogP contribution in [0.3, 0.4) is 0 Å². The number of thioether (sulfide) groups is 1. The van der Waals surface area contributed by atoms with Crippen molar-refractivity contribution >= 4 is 44.1 Å². The molecule has 0 saturated heterocycles. The van der Waals surface area contributed by atoms with E-state index in [-0.39, 0.29) is 5.75 Å². The maximum atomic E-state index is 11.0. The summed E-state index contributed by atoms with van der Waals surface area (Å²) in [5, 5.41) is 18.7. The van der Waals surface area contributed by atoms with Crippen molar-refractivity contribution in [2.45, 2.75) is 51.6 Å². The molecule has 6 rings (SSSR count). The highest BCUT2D eigenvalue weighted by atomic mass is 32.2. The number of benzene rings is 5. The predicted octanol–water partition coefficient (Wildman–Crippen LogP) is 10.1. The third-order valence-corrected chi connectivity index (χ3v) is 9.21. The van der Waals surface area contributed by atoms with Crippen LogP contribution in [0.5, 0.6) is 11.5 Å². The maximum Gasteiger partial charge on any atom is 0.191 e. The van der Waals surface area contributed by atoms with Crippen LogP contribution in [0.25, 0.3) is 55.1 Å². The highest BCUT2D eigenvalue weighted by molar-refractivity contribution is 7.99. The molecule has 0 aliphatic rings. The fourth-order valence-electron chi connectivity index (χ4n) is 5.76. The van der Waals surface area contributed by atoms with Gasteiger partial charge < -0.3 is 9.84 Å². The van der Waals surface area contributed by atoms with E-state index in [1.165, 1.54) is 35.4 Å². The normalized spacial score (nSPS) is 12.3. The number of phenolic OH excluding ortho intramolecular Hbond substituents is 1. The standard InChI is InChI=1S/C37H37N3O2S/c1-4-7-12-24(5-2)23-43-37-39-35(31-20-18-26(42-6-3)21-34(31)41)38-36(40-37)33-22-32-27-14-9-8-13-25(27)17-19-30(32)28-15-10-11-16-29(28)33/h8-11,13-22,24,41H,4-7,12,23H2,1-3H3. The van der Waals surface area contributed by atoms with Crippen LogP contribution in [0.2, 0.25) is 0 Å². The lowest BCUT2D eigenvalue weighted by Gasteiger charge is -2.15. The summed E-state index contributed by atoms with van der Waals surface area (Å²) in [5.41, 5.74) is 1.51. The first-order valence-electron chi connectivity index (χ1n) is 15.3. The van der Waals surface area contributed by atoms with Gasteiger partial charge in [0.1, 0.15) is 11.5 Å². The number of hydrogen-bond donors (Lipinski definition) is 1. The first kappa shape index (κ1) is 28.9. The molecule has 0 saturated carbocycles. The van der Waals surface area contributed by atoms with Crippen LogP contribution >= 0.6 is 11.8 Å². The topological polar surface area (TPSA) is 68.1 Å². The number of fused-ring (bicyclic) bond motifs is 5. The molecule has 5 aromatic carbocycles. The number of hydrogen-bond acceptors (Lipinski definition) is 6. The molecule has 0 radical (unpaired) electrons. The highest BCUT2D eigenvalue weighted by Crippen LogP contribution is 2.39. The molecule has 5 nitrogen and oxygen atoms in total. The minimum absolute atomic E-state index is 0.0859. The third-order valence-electron chi connectivity index (χ3n) is 8.14. The van der Waals surface area contributed by atoms with Crippen LogP contribution in [0.1, 0.15) is 46.5 Å². The molecule has 0 aliphatic heterocycles. The molecular weight excluding hydrogens is 550 g/mol. The maximum absolute atomic E-state index is 11.0. The van der Waals surface area contributed by atoms with E-state index in [4.69, 9.17) is 19.7 Å². The second-order valence-corrected chi connectivity index (χ2v) is 11.9. The number of phenols is 1. The Bertz CT molecular complexity index is 1910. The SMILES string of the molecule is CCCCC(CC)CSc1nc(-c2ccc(OCC)cc2O)nc(-c2cc3c4ccccc4ccc3c3ccccc23)n1. The molecule has 0 fully saturated rings. The number of unbranched alkanes of at least 4 members (excludes halogenated alkanes) is 1. The molecule has 0 amide bonds. The smallest absolute Gasteiger partial charge is 0.191 e. The van der Waals surface area contributed by atoms with E-state index in [0.29, 0.717) is 40.6 Å². The van der Waals surface area contributed by atoms with Crippen LogP contribution in [0.4, 0.5) is 0 Å². The van der Waals surface area contributed by atoms with Gasteiger partial charge in [0.25, 0.3) is 0 Å². The van der Waals surface area contributed by atoms with Gasteiger partial charge in [-0.2, -0.15) is 0 Å². The fraction of sp³-hybridized carbons (Fsp3) is 0.270. The molecule has 0 bridgehead atoms. The zero-order valence-corrected chi connectivity index (χ0v) is 25.8. The lowest BCUT2D eigenvalue weighted by molar-refractivity contribution is 0.338. The van der Waals surface area contributed by atoms with Crippen molar-refractivity contribution in [3.63, 3.8) is 0 Å². The van der Waals surface area contributed by atoms with Crippen molar-refractivity contribution in [3.8, 4) is 34.3 Å². The van der Waals surface area contributed by atoms with Crippen molar-refractivity contribution in [2.75, 3.05) is 12.4 Å². The van der Waals surface area contributed by atoms with Crippen molar-refractivity contribution < 1.29 is 9.84 Å². The second kappa shape index (κ2) is 13.0. The highest BCUT2D eigenvalue weighted by Gasteiger charge is 2.19. The Hall–Kier alpha value is -4.16. The fourth-order valence-corrected chi connectivity index (χ4v) is 6.84. The molecular formula is C37H37N3O2S. The molecule has 1 heterocycles. The lowest BCUT2D eigenvalue weighted by Crippen LogP contribution is -2.05. The summed E-state index contributed by atoms with van der Waals surface area (Å²) in [4.78, 5) is 15.0. The summed E-state index contributed by atoms with van der Waals surface area (Å²) >= 11 is 1.68. The summed E-state index contributed by atoms with van der Waals surface area (Å²) in [6.45, 7) is 6.95. The first-order valence-corrected chi connectivity index (χ1v) is 16.3. The van der Waals surface area contributed by atoms with Gasteiger partial charge in [-0.1, -0.05) is 106 Å². The molecule has 6 heteroatoms. The van der Waals surface area contributed by atoms with Crippen molar-refractivity contribution in [1.82, 2.24) is 15.0 Å². The molecule has 6 aromatic rings. The van der Waals surface area contributed by atoms with Gasteiger partial charge in [-0.3, -0.25) is 0 Å². The minimum atomic E-state index is 0.0859. The van der Waals surface area contributed by atoms with Crippen molar-refractivity contribution in [2.24, 2.45) is 5.92 Å². The molecule has 43 heavy (non-hydrogen) atoms. The van der Waals surface area contributed by atoms with Crippen LogP contribution in [-0.2, 0) is 0 Å². The lowest BCUT2D eigenvalue weighted by atomic mass is 9.93. The molecule has 0 spiro atoms. The Morgan fingerprint density at radius 2 is 1.44 bits per heavy atom. The van der Waals surface area contributed by atoms with Gasteiger partial charge >= 0.3 is 0 Å². The quantitative estimate of drug-likeness (QED) is 0.120. The molecule has 218 valence electrons. The first-order chi connectivity index (χ1) is 21.1. The number of ether oxygens (including phenoxy) is 1. The third kappa shape index (κ3) is 6.02. The Labute approximate surface area is 257 Å². The monoisotopic (exact) mass is 587 g/mol. The van der Waals surface area contributed by atoms with Crippen LogP contribution in [-0.4, -0.2) is 32.4 Å². The van der Waals surface area contributed by atoms with Gasteiger partial charge in [0.05, 0.1) is 12.2 Å². The summed E-state index contributed by atoms with van der Waals surface area (Å²) in [6.07, 6.45) is 4.75. The number of aromatic hydroxyl groups is 1. The van der Waals surface area contributed by atoms with E-state index in [1.54, 1.807) is 17.8 Å². The van der Waals surface area contributed by atoms with Gasteiger partial charge in [-0.15, -0.1) is 0 Å². The molecule has 1 atom stereocenters. The Kier molecular flexibility index (Phi) is 8.75. The van der Waals surface area contributed by atoms with E-state index in [0.717, 1.165) is 33.9 Å². The van der Waals surface area contributed by atoms with E-state index in [9.17, 15) is 5.11 Å². The van der Waals surface area contributed by atoms with Crippen LogP contribution in [0.15, 0.2) is 90.1 Å². The van der Waals surface area contributed by atoms with Crippen LogP contribution in [0, 0.1) is 5.92 Å². The summed E-state index contributed by atoms with van der Waals surface area (Å²) < 4.78 is 5.61. The van der Waals surface area contributed by atoms with Crippen LogP contribution < -0.4 is 4.74 Å².